The standard InChI is InChI=1S/C26H29NO6/c1-4-33-21-14-12-19(17-22(21)32-3)24-23(20(28)13-11-18-9-6-5-7-10-18)25(29)26(30)27(24)15-8-16-31-2/h5-7,9-14,17,24,29H,4,8,15-16H2,1-3H3/b13-11+. The van der Waals surface area contributed by atoms with Gasteiger partial charge in [-0.25, -0.2) is 0 Å². The first kappa shape index (κ1) is 24.1. The molecule has 1 aliphatic rings. The Labute approximate surface area is 193 Å². The lowest BCUT2D eigenvalue weighted by Crippen LogP contribution is -2.32. The van der Waals surface area contributed by atoms with Gasteiger partial charge in [0.25, 0.3) is 5.91 Å². The fourth-order valence-electron chi connectivity index (χ4n) is 3.82. The number of hydrogen-bond acceptors (Lipinski definition) is 6. The largest absolute Gasteiger partial charge is 0.503 e. The Kier molecular flexibility index (Phi) is 8.27. The molecule has 7 nitrogen and oxygen atoms in total. The quantitative estimate of drug-likeness (QED) is 0.409. The van der Waals surface area contributed by atoms with Gasteiger partial charge in [0, 0.05) is 20.3 Å². The summed E-state index contributed by atoms with van der Waals surface area (Å²) in [6.07, 6.45) is 3.60. The van der Waals surface area contributed by atoms with Gasteiger partial charge in [-0.1, -0.05) is 42.5 Å². The number of aliphatic hydroxyl groups excluding tert-OH is 1. The van der Waals surface area contributed by atoms with Crippen LogP contribution in [0.5, 0.6) is 11.5 Å². The molecule has 1 heterocycles. The summed E-state index contributed by atoms with van der Waals surface area (Å²) in [5, 5.41) is 10.7. The molecule has 1 atom stereocenters. The van der Waals surface area contributed by atoms with E-state index in [4.69, 9.17) is 14.2 Å². The first-order valence-electron chi connectivity index (χ1n) is 10.8. The van der Waals surface area contributed by atoms with Crippen LogP contribution in [-0.4, -0.2) is 55.7 Å². The van der Waals surface area contributed by atoms with Crippen molar-refractivity contribution in [2.75, 3.05) is 34.0 Å². The number of carbonyl (C=O) groups excluding carboxylic acids is 2. The van der Waals surface area contributed by atoms with Crippen molar-refractivity contribution in [3.05, 3.63) is 77.1 Å². The van der Waals surface area contributed by atoms with E-state index in [0.717, 1.165) is 5.56 Å². The smallest absolute Gasteiger partial charge is 0.290 e. The van der Waals surface area contributed by atoms with E-state index < -0.39 is 23.5 Å². The third-order valence-corrected chi connectivity index (χ3v) is 5.35. The summed E-state index contributed by atoms with van der Waals surface area (Å²) in [6.45, 7) is 3.10. The predicted octanol–water partition coefficient (Wildman–Crippen LogP) is 4.11. The fraction of sp³-hybridized carbons (Fsp3) is 0.308. The minimum atomic E-state index is -0.758. The van der Waals surface area contributed by atoms with Gasteiger partial charge in [0.2, 0.25) is 0 Å². The maximum absolute atomic E-state index is 13.2. The van der Waals surface area contributed by atoms with E-state index in [0.29, 0.717) is 43.2 Å². The maximum Gasteiger partial charge on any atom is 0.290 e. The molecule has 2 aromatic rings. The molecule has 0 saturated carbocycles. The Morgan fingerprint density at radius 3 is 2.55 bits per heavy atom. The molecule has 2 aromatic carbocycles. The number of carbonyl (C=O) groups is 2. The number of hydrogen-bond donors (Lipinski definition) is 1. The fourth-order valence-corrected chi connectivity index (χ4v) is 3.82. The van der Waals surface area contributed by atoms with Crippen LogP contribution in [0.1, 0.15) is 30.5 Å². The van der Waals surface area contributed by atoms with E-state index in [9.17, 15) is 14.7 Å². The highest BCUT2D eigenvalue weighted by molar-refractivity contribution is 6.14. The number of ketones is 1. The summed E-state index contributed by atoms with van der Waals surface area (Å²) in [6, 6.07) is 13.8. The van der Waals surface area contributed by atoms with Gasteiger partial charge in [0.05, 0.1) is 25.3 Å². The number of ether oxygens (including phenoxy) is 3. The number of aliphatic hydroxyl groups is 1. The van der Waals surface area contributed by atoms with Gasteiger partial charge in [-0.15, -0.1) is 0 Å². The molecule has 0 aliphatic carbocycles. The molecule has 0 fully saturated rings. The van der Waals surface area contributed by atoms with Crippen LogP contribution in [0.15, 0.2) is 65.9 Å². The highest BCUT2D eigenvalue weighted by Gasteiger charge is 2.42. The third kappa shape index (κ3) is 5.43. The molecule has 1 aliphatic heterocycles. The van der Waals surface area contributed by atoms with Crippen LogP contribution in [0.25, 0.3) is 6.08 Å². The van der Waals surface area contributed by atoms with E-state index in [1.807, 2.05) is 37.3 Å². The van der Waals surface area contributed by atoms with Gasteiger partial charge in [-0.3, -0.25) is 9.59 Å². The Hall–Kier alpha value is -3.58. The number of benzene rings is 2. The molecule has 0 radical (unpaired) electrons. The normalized spacial score (nSPS) is 16.0. The molecular formula is C26H29NO6. The highest BCUT2D eigenvalue weighted by atomic mass is 16.5. The molecule has 0 saturated heterocycles. The summed E-state index contributed by atoms with van der Waals surface area (Å²) in [7, 11) is 3.11. The Balaban J connectivity index is 2.01. The first-order valence-corrected chi connectivity index (χ1v) is 10.8. The lowest BCUT2D eigenvalue weighted by atomic mass is 9.95. The number of allylic oxidation sites excluding steroid dienone is 1. The summed E-state index contributed by atoms with van der Waals surface area (Å²) < 4.78 is 16.2. The van der Waals surface area contributed by atoms with Crippen molar-refractivity contribution in [3.8, 4) is 11.5 Å². The zero-order chi connectivity index (χ0) is 23.8. The molecular weight excluding hydrogens is 422 g/mol. The van der Waals surface area contributed by atoms with Crippen molar-refractivity contribution in [1.82, 2.24) is 4.90 Å². The van der Waals surface area contributed by atoms with Gasteiger partial charge in [0.15, 0.2) is 23.0 Å². The molecule has 1 N–H and O–H groups in total. The van der Waals surface area contributed by atoms with E-state index in [2.05, 4.69) is 0 Å². The zero-order valence-corrected chi connectivity index (χ0v) is 19.1. The SMILES string of the molecule is CCOc1ccc(C2C(C(=O)/C=C/c3ccccc3)=C(O)C(=O)N2CCCOC)cc1OC. The second-order valence-electron chi connectivity index (χ2n) is 7.46. The summed E-state index contributed by atoms with van der Waals surface area (Å²) in [5.74, 6) is -0.508. The van der Waals surface area contributed by atoms with Crippen LogP contribution in [0, 0.1) is 0 Å². The molecule has 7 heteroatoms. The maximum atomic E-state index is 13.2. The predicted molar refractivity (Wildman–Crippen MR) is 125 cm³/mol. The van der Waals surface area contributed by atoms with Crippen molar-refractivity contribution in [2.24, 2.45) is 0 Å². The molecule has 0 spiro atoms. The third-order valence-electron chi connectivity index (χ3n) is 5.35. The van der Waals surface area contributed by atoms with Crippen molar-refractivity contribution in [2.45, 2.75) is 19.4 Å². The number of nitrogens with zero attached hydrogens (tertiary/aromatic N) is 1. The van der Waals surface area contributed by atoms with Crippen LogP contribution in [0.4, 0.5) is 0 Å². The van der Waals surface area contributed by atoms with Crippen LogP contribution >= 0.6 is 0 Å². The van der Waals surface area contributed by atoms with Crippen LogP contribution in [-0.2, 0) is 14.3 Å². The second-order valence-corrected chi connectivity index (χ2v) is 7.46. The average Bonchev–Trinajstić information content (AvgIpc) is 3.09. The van der Waals surface area contributed by atoms with Crippen molar-refractivity contribution in [3.63, 3.8) is 0 Å². The highest BCUT2D eigenvalue weighted by Crippen LogP contribution is 2.41. The second kappa shape index (κ2) is 11.3. The van der Waals surface area contributed by atoms with Crippen LogP contribution in [0.2, 0.25) is 0 Å². The lowest BCUT2D eigenvalue weighted by Gasteiger charge is -2.27. The minimum absolute atomic E-state index is 0.0378. The average molecular weight is 452 g/mol. The van der Waals surface area contributed by atoms with E-state index in [1.165, 1.54) is 18.1 Å². The Morgan fingerprint density at radius 1 is 1.12 bits per heavy atom. The minimum Gasteiger partial charge on any atom is -0.503 e. The van der Waals surface area contributed by atoms with Crippen molar-refractivity contribution < 1.29 is 28.9 Å². The molecule has 33 heavy (non-hydrogen) atoms. The molecule has 1 amide bonds. The lowest BCUT2D eigenvalue weighted by molar-refractivity contribution is -0.129. The van der Waals surface area contributed by atoms with Crippen molar-refractivity contribution in [1.29, 1.82) is 0 Å². The molecule has 3 rings (SSSR count). The number of rotatable bonds is 11. The number of methoxy groups -OCH3 is 2. The van der Waals surface area contributed by atoms with Gasteiger partial charge in [-0.2, -0.15) is 0 Å². The van der Waals surface area contributed by atoms with Gasteiger partial charge in [-0.05, 0) is 42.7 Å². The summed E-state index contributed by atoms with van der Waals surface area (Å²) in [5.41, 5.74) is 1.52. The first-order chi connectivity index (χ1) is 16.0. The van der Waals surface area contributed by atoms with Gasteiger partial charge < -0.3 is 24.2 Å². The monoisotopic (exact) mass is 451 g/mol. The summed E-state index contributed by atoms with van der Waals surface area (Å²) in [4.78, 5) is 27.6. The number of amides is 1. The van der Waals surface area contributed by atoms with E-state index in [1.54, 1.807) is 31.4 Å². The van der Waals surface area contributed by atoms with Gasteiger partial charge >= 0.3 is 0 Å². The van der Waals surface area contributed by atoms with E-state index in [-0.39, 0.29) is 5.57 Å². The topological polar surface area (TPSA) is 85.3 Å². The van der Waals surface area contributed by atoms with E-state index >= 15 is 0 Å². The summed E-state index contributed by atoms with van der Waals surface area (Å²) >= 11 is 0. The Morgan fingerprint density at radius 2 is 1.88 bits per heavy atom. The molecule has 0 aromatic heterocycles. The van der Waals surface area contributed by atoms with Crippen molar-refractivity contribution >= 4 is 17.8 Å². The van der Waals surface area contributed by atoms with Crippen LogP contribution < -0.4 is 9.47 Å². The zero-order valence-electron chi connectivity index (χ0n) is 19.1. The Bertz CT molecular complexity index is 1040. The molecule has 174 valence electrons. The van der Waals surface area contributed by atoms with Gasteiger partial charge in [0.1, 0.15) is 0 Å². The molecule has 0 bridgehead atoms. The van der Waals surface area contributed by atoms with Crippen LogP contribution in [0.3, 0.4) is 0 Å². The molecule has 1 unspecified atom stereocenters.